The molecule has 5 heteroatoms. The number of benzene rings is 2. The fourth-order valence-corrected chi connectivity index (χ4v) is 1.75. The largest absolute Gasteiger partial charge is 0.323 e. The summed E-state index contributed by atoms with van der Waals surface area (Å²) in [4.78, 5) is 10.7. The Morgan fingerprint density at radius 2 is 1.74 bits per heavy atom. The molecular formula is C14H13FN2O2. The SMILES string of the molecule is O=[N+]([O-])C(Cc1ccccc1)Nc1ccc(F)cc1. The van der Waals surface area contributed by atoms with E-state index in [1.165, 1.54) is 24.3 Å². The maximum Gasteiger partial charge on any atom is 0.288 e. The summed E-state index contributed by atoms with van der Waals surface area (Å²) in [5.41, 5.74) is 1.40. The topological polar surface area (TPSA) is 55.2 Å². The van der Waals surface area contributed by atoms with Crippen LogP contribution in [0.4, 0.5) is 10.1 Å². The van der Waals surface area contributed by atoms with Crippen LogP contribution in [0.15, 0.2) is 54.6 Å². The van der Waals surface area contributed by atoms with E-state index in [1.54, 1.807) is 0 Å². The van der Waals surface area contributed by atoms with Crippen molar-refractivity contribution in [1.82, 2.24) is 0 Å². The Bertz CT molecular complexity index is 543. The molecule has 0 saturated carbocycles. The van der Waals surface area contributed by atoms with E-state index in [2.05, 4.69) is 5.32 Å². The van der Waals surface area contributed by atoms with E-state index in [-0.39, 0.29) is 17.2 Å². The molecule has 2 aromatic rings. The quantitative estimate of drug-likeness (QED) is 0.510. The van der Waals surface area contributed by atoms with Gasteiger partial charge < -0.3 is 5.32 Å². The predicted octanol–water partition coefficient (Wildman–Crippen LogP) is 3.08. The van der Waals surface area contributed by atoms with Crippen LogP contribution in [-0.2, 0) is 6.42 Å². The summed E-state index contributed by atoms with van der Waals surface area (Å²) in [6.07, 6.45) is -0.668. The van der Waals surface area contributed by atoms with Gasteiger partial charge in [0.25, 0.3) is 6.17 Å². The molecule has 1 unspecified atom stereocenters. The van der Waals surface area contributed by atoms with E-state index in [1.807, 2.05) is 30.3 Å². The van der Waals surface area contributed by atoms with Gasteiger partial charge in [0, 0.05) is 10.6 Å². The van der Waals surface area contributed by atoms with Gasteiger partial charge in [-0.05, 0) is 29.8 Å². The predicted molar refractivity (Wildman–Crippen MR) is 71.0 cm³/mol. The highest BCUT2D eigenvalue weighted by Crippen LogP contribution is 2.12. The zero-order chi connectivity index (χ0) is 13.7. The molecule has 0 saturated heterocycles. The van der Waals surface area contributed by atoms with E-state index in [0.717, 1.165) is 5.56 Å². The molecule has 2 aromatic carbocycles. The lowest BCUT2D eigenvalue weighted by atomic mass is 10.1. The molecule has 1 N–H and O–H groups in total. The smallest absolute Gasteiger partial charge is 0.288 e. The van der Waals surface area contributed by atoms with Crippen LogP contribution in [0.1, 0.15) is 5.56 Å². The zero-order valence-corrected chi connectivity index (χ0v) is 10.1. The molecule has 2 rings (SSSR count). The highest BCUT2D eigenvalue weighted by atomic mass is 19.1. The van der Waals surface area contributed by atoms with E-state index >= 15 is 0 Å². The second-order valence-corrected chi connectivity index (χ2v) is 4.14. The average Bonchev–Trinajstić information content (AvgIpc) is 2.41. The first-order chi connectivity index (χ1) is 9.15. The second kappa shape index (κ2) is 5.95. The van der Waals surface area contributed by atoms with E-state index in [9.17, 15) is 14.5 Å². The Balaban J connectivity index is 2.08. The van der Waals surface area contributed by atoms with Gasteiger partial charge in [-0.15, -0.1) is 0 Å². The zero-order valence-electron chi connectivity index (χ0n) is 10.1. The van der Waals surface area contributed by atoms with Gasteiger partial charge in [0.05, 0.1) is 6.42 Å². The molecule has 0 bridgehead atoms. The van der Waals surface area contributed by atoms with Gasteiger partial charge in [-0.1, -0.05) is 30.3 Å². The number of halogens is 1. The minimum Gasteiger partial charge on any atom is -0.323 e. The maximum absolute atomic E-state index is 12.8. The highest BCUT2D eigenvalue weighted by molar-refractivity contribution is 5.43. The van der Waals surface area contributed by atoms with E-state index in [4.69, 9.17) is 0 Å². The Hall–Kier alpha value is -2.43. The van der Waals surface area contributed by atoms with E-state index in [0.29, 0.717) is 5.69 Å². The Morgan fingerprint density at radius 3 is 2.32 bits per heavy atom. The molecule has 1 atom stereocenters. The third-order valence-corrected chi connectivity index (χ3v) is 2.70. The minimum atomic E-state index is -0.937. The molecule has 0 fully saturated rings. The van der Waals surface area contributed by atoms with Gasteiger partial charge in [0.1, 0.15) is 5.82 Å². The van der Waals surface area contributed by atoms with Crippen LogP contribution in [0.2, 0.25) is 0 Å². The van der Waals surface area contributed by atoms with Gasteiger partial charge in [-0.3, -0.25) is 10.1 Å². The van der Waals surface area contributed by atoms with Crippen molar-refractivity contribution in [3.63, 3.8) is 0 Å². The first kappa shape index (κ1) is 13.0. The fraction of sp³-hybridized carbons (Fsp3) is 0.143. The average molecular weight is 260 g/mol. The second-order valence-electron chi connectivity index (χ2n) is 4.14. The Morgan fingerprint density at radius 1 is 1.11 bits per heavy atom. The molecule has 0 aliphatic heterocycles. The summed E-state index contributed by atoms with van der Waals surface area (Å²) in [6, 6.07) is 14.7. The van der Waals surface area contributed by atoms with Crippen molar-refractivity contribution >= 4 is 5.69 Å². The maximum atomic E-state index is 12.8. The van der Waals surface area contributed by atoms with Crippen LogP contribution in [0, 0.1) is 15.9 Å². The summed E-state index contributed by atoms with van der Waals surface area (Å²) in [5, 5.41) is 13.8. The molecule has 0 heterocycles. The Labute approximate surface area is 110 Å². The van der Waals surface area contributed by atoms with Crippen molar-refractivity contribution in [2.75, 3.05) is 5.32 Å². The monoisotopic (exact) mass is 260 g/mol. The van der Waals surface area contributed by atoms with Crippen LogP contribution in [0.3, 0.4) is 0 Å². The lowest BCUT2D eigenvalue weighted by Gasteiger charge is -2.12. The third kappa shape index (κ3) is 3.77. The van der Waals surface area contributed by atoms with Crippen LogP contribution in [0.5, 0.6) is 0 Å². The molecule has 0 radical (unpaired) electrons. The molecule has 4 nitrogen and oxygen atoms in total. The van der Waals surface area contributed by atoms with Crippen LogP contribution >= 0.6 is 0 Å². The van der Waals surface area contributed by atoms with Gasteiger partial charge >= 0.3 is 0 Å². The molecule has 0 amide bonds. The normalized spacial score (nSPS) is 11.8. The lowest BCUT2D eigenvalue weighted by Crippen LogP contribution is -2.30. The number of hydrogen-bond donors (Lipinski definition) is 1. The molecule has 19 heavy (non-hydrogen) atoms. The number of nitrogens with one attached hydrogen (secondary N) is 1. The Kier molecular flexibility index (Phi) is 4.07. The molecule has 0 spiro atoms. The van der Waals surface area contributed by atoms with Crippen molar-refractivity contribution in [2.45, 2.75) is 12.6 Å². The van der Waals surface area contributed by atoms with Gasteiger partial charge in [0.2, 0.25) is 0 Å². The molecule has 98 valence electrons. The minimum absolute atomic E-state index is 0.269. The van der Waals surface area contributed by atoms with Crippen molar-refractivity contribution in [1.29, 1.82) is 0 Å². The number of rotatable bonds is 5. The lowest BCUT2D eigenvalue weighted by molar-refractivity contribution is -0.514. The van der Waals surface area contributed by atoms with Crippen LogP contribution in [-0.4, -0.2) is 11.1 Å². The van der Waals surface area contributed by atoms with Gasteiger partial charge in [-0.2, -0.15) is 0 Å². The molecule has 0 aromatic heterocycles. The third-order valence-electron chi connectivity index (χ3n) is 2.70. The van der Waals surface area contributed by atoms with Gasteiger partial charge in [0.15, 0.2) is 0 Å². The fourth-order valence-electron chi connectivity index (χ4n) is 1.75. The van der Waals surface area contributed by atoms with Crippen molar-refractivity contribution in [3.8, 4) is 0 Å². The van der Waals surface area contributed by atoms with Crippen molar-refractivity contribution < 1.29 is 9.31 Å². The summed E-state index contributed by atoms with van der Waals surface area (Å²) in [6.45, 7) is 0. The van der Waals surface area contributed by atoms with Crippen molar-refractivity contribution in [2.24, 2.45) is 0 Å². The van der Waals surface area contributed by atoms with Crippen LogP contribution < -0.4 is 5.32 Å². The molecule has 0 aliphatic carbocycles. The first-order valence-corrected chi connectivity index (χ1v) is 5.84. The van der Waals surface area contributed by atoms with E-state index < -0.39 is 6.17 Å². The van der Waals surface area contributed by atoms with Crippen LogP contribution in [0.25, 0.3) is 0 Å². The summed E-state index contributed by atoms with van der Waals surface area (Å²) >= 11 is 0. The molecule has 0 aliphatic rings. The number of nitrogens with zero attached hydrogens (tertiary/aromatic N) is 1. The standard InChI is InChI=1S/C14H13FN2O2/c15-12-6-8-13(9-7-12)16-14(17(18)19)10-11-4-2-1-3-5-11/h1-9,14,16H,10H2. The molecular weight excluding hydrogens is 247 g/mol. The number of anilines is 1. The summed E-state index contributed by atoms with van der Waals surface area (Å²) in [5.74, 6) is -0.369. The van der Waals surface area contributed by atoms with Crippen molar-refractivity contribution in [3.05, 3.63) is 76.1 Å². The first-order valence-electron chi connectivity index (χ1n) is 5.84. The summed E-state index contributed by atoms with van der Waals surface area (Å²) in [7, 11) is 0. The highest BCUT2D eigenvalue weighted by Gasteiger charge is 2.19. The number of hydrogen-bond acceptors (Lipinski definition) is 3. The number of nitro groups is 1. The van der Waals surface area contributed by atoms with Gasteiger partial charge in [-0.25, -0.2) is 4.39 Å². The summed E-state index contributed by atoms with van der Waals surface area (Å²) < 4.78 is 12.8.